The van der Waals surface area contributed by atoms with E-state index in [0.29, 0.717) is 29.6 Å². The summed E-state index contributed by atoms with van der Waals surface area (Å²) >= 11 is 0. The van der Waals surface area contributed by atoms with Crippen molar-refractivity contribution >= 4 is 0 Å². The SMILES string of the molecule is CCN(CC)/[N+]([O-])=N/OCc1cc(OC)cc(OC)c1. The summed E-state index contributed by atoms with van der Waals surface area (Å²) in [6.45, 7) is 5.04. The molecule has 0 saturated heterocycles. The summed E-state index contributed by atoms with van der Waals surface area (Å²) in [4.78, 5) is 5.51. The zero-order chi connectivity index (χ0) is 15.0. The number of hydrogen-bond acceptors (Lipinski definition) is 5. The average molecular weight is 283 g/mol. The van der Waals surface area contributed by atoms with Gasteiger partial charge in [0, 0.05) is 6.07 Å². The lowest BCUT2D eigenvalue weighted by Crippen LogP contribution is -2.30. The van der Waals surface area contributed by atoms with Gasteiger partial charge >= 0.3 is 0 Å². The van der Waals surface area contributed by atoms with Crippen molar-refractivity contribution in [2.75, 3.05) is 27.3 Å². The van der Waals surface area contributed by atoms with Gasteiger partial charge in [0.1, 0.15) is 18.1 Å². The molecule has 0 fully saturated rings. The Morgan fingerprint density at radius 2 is 1.65 bits per heavy atom. The smallest absolute Gasteiger partial charge is 0.233 e. The number of ether oxygens (including phenoxy) is 2. The van der Waals surface area contributed by atoms with E-state index in [1.165, 1.54) is 5.01 Å². The maximum Gasteiger partial charge on any atom is 0.233 e. The lowest BCUT2D eigenvalue weighted by molar-refractivity contribution is -0.710. The number of nitrogens with zero attached hydrogens (tertiary/aromatic N) is 3. The van der Waals surface area contributed by atoms with Crippen LogP contribution in [0.4, 0.5) is 0 Å². The molecule has 0 aromatic heterocycles. The van der Waals surface area contributed by atoms with Gasteiger partial charge in [-0.25, -0.2) is 0 Å². The van der Waals surface area contributed by atoms with Crippen LogP contribution in [0.25, 0.3) is 0 Å². The Kier molecular flexibility index (Phi) is 6.42. The predicted molar refractivity (Wildman–Crippen MR) is 73.3 cm³/mol. The second-order valence-electron chi connectivity index (χ2n) is 3.97. The molecule has 1 aromatic rings. The van der Waals surface area contributed by atoms with Crippen molar-refractivity contribution in [2.45, 2.75) is 20.5 Å². The van der Waals surface area contributed by atoms with Crippen molar-refractivity contribution in [3.63, 3.8) is 0 Å². The van der Waals surface area contributed by atoms with E-state index in [1.807, 2.05) is 13.8 Å². The molecule has 0 aliphatic heterocycles. The monoisotopic (exact) mass is 283 g/mol. The standard InChI is InChI=1S/C13H21N3O4/c1-5-15(6-2)16(17)14-20-10-11-7-12(18-3)9-13(8-11)19-4/h7-9H,5-6,10H2,1-4H3/b16-14-. The second-order valence-corrected chi connectivity index (χ2v) is 3.97. The summed E-state index contributed by atoms with van der Waals surface area (Å²) in [5, 5.41) is 16.5. The van der Waals surface area contributed by atoms with Gasteiger partial charge < -0.3 is 19.5 Å². The van der Waals surface area contributed by atoms with Gasteiger partial charge in [0.15, 0.2) is 0 Å². The minimum atomic E-state index is 0.160. The molecule has 0 radical (unpaired) electrons. The van der Waals surface area contributed by atoms with Crippen LogP contribution in [0, 0.1) is 5.21 Å². The Balaban J connectivity index is 2.67. The van der Waals surface area contributed by atoms with E-state index in [2.05, 4.69) is 5.28 Å². The molecule has 0 spiro atoms. The molecular weight excluding hydrogens is 262 g/mol. The highest BCUT2D eigenvalue weighted by atomic mass is 16.7. The van der Waals surface area contributed by atoms with E-state index in [-0.39, 0.29) is 6.61 Å². The fourth-order valence-corrected chi connectivity index (χ4v) is 1.62. The normalized spacial score (nSPS) is 11.1. The van der Waals surface area contributed by atoms with Crippen LogP contribution < -0.4 is 9.47 Å². The highest BCUT2D eigenvalue weighted by Gasteiger charge is 2.07. The molecule has 0 saturated carbocycles. The molecule has 0 heterocycles. The maximum absolute atomic E-state index is 11.5. The fourth-order valence-electron chi connectivity index (χ4n) is 1.62. The van der Waals surface area contributed by atoms with Crippen molar-refractivity contribution in [3.8, 4) is 11.5 Å². The van der Waals surface area contributed by atoms with Gasteiger partial charge in [-0.1, -0.05) is 0 Å². The van der Waals surface area contributed by atoms with Gasteiger partial charge in [0.05, 0.1) is 32.3 Å². The van der Waals surface area contributed by atoms with Crippen LogP contribution in [0.3, 0.4) is 0 Å². The lowest BCUT2D eigenvalue weighted by Gasteiger charge is -2.13. The van der Waals surface area contributed by atoms with Gasteiger partial charge in [-0.2, -0.15) is 0 Å². The van der Waals surface area contributed by atoms with E-state index < -0.39 is 0 Å². The maximum atomic E-state index is 11.5. The van der Waals surface area contributed by atoms with Crippen molar-refractivity contribution in [3.05, 3.63) is 29.0 Å². The molecule has 0 bridgehead atoms. The first-order valence-electron chi connectivity index (χ1n) is 6.41. The molecule has 0 N–H and O–H groups in total. The quantitative estimate of drug-likeness (QED) is 0.416. The topological polar surface area (TPSA) is 69.4 Å². The molecule has 0 atom stereocenters. The van der Waals surface area contributed by atoms with Crippen LogP contribution >= 0.6 is 0 Å². The molecule has 1 rings (SSSR count). The van der Waals surface area contributed by atoms with E-state index in [1.54, 1.807) is 32.4 Å². The van der Waals surface area contributed by atoms with Gasteiger partial charge in [-0.3, -0.25) is 0 Å². The first kappa shape index (κ1) is 15.9. The Morgan fingerprint density at radius 3 is 2.10 bits per heavy atom. The van der Waals surface area contributed by atoms with Crippen molar-refractivity contribution in [1.29, 1.82) is 0 Å². The molecule has 7 heteroatoms. The Labute approximate surface area is 118 Å². The van der Waals surface area contributed by atoms with Crippen LogP contribution in [0.1, 0.15) is 19.4 Å². The molecule has 7 nitrogen and oxygen atoms in total. The summed E-state index contributed by atoms with van der Waals surface area (Å²) in [6, 6.07) is 5.35. The van der Waals surface area contributed by atoms with Crippen molar-refractivity contribution in [1.82, 2.24) is 5.01 Å². The molecule has 1 aromatic carbocycles. The first-order valence-corrected chi connectivity index (χ1v) is 6.41. The minimum Gasteiger partial charge on any atom is -0.569 e. The highest BCUT2D eigenvalue weighted by molar-refractivity contribution is 5.38. The molecule has 0 amide bonds. The number of benzene rings is 1. The third kappa shape index (κ3) is 4.49. The molecule has 0 unspecified atom stereocenters. The van der Waals surface area contributed by atoms with Crippen LogP contribution in [0.5, 0.6) is 11.5 Å². The molecule has 112 valence electrons. The minimum absolute atomic E-state index is 0.160. The average Bonchev–Trinajstić information content (AvgIpc) is 2.48. The third-order valence-electron chi connectivity index (χ3n) is 2.74. The summed E-state index contributed by atoms with van der Waals surface area (Å²) in [5.41, 5.74) is 0.804. The summed E-state index contributed by atoms with van der Waals surface area (Å²) in [5.74, 6) is 1.32. The van der Waals surface area contributed by atoms with Gasteiger partial charge in [-0.15, -0.1) is 5.01 Å². The van der Waals surface area contributed by atoms with Crippen LogP contribution in [-0.2, 0) is 11.4 Å². The van der Waals surface area contributed by atoms with Gasteiger partial charge in [-0.05, 0) is 31.5 Å². The Bertz CT molecular complexity index is 425. The fraction of sp³-hybridized carbons (Fsp3) is 0.538. The largest absolute Gasteiger partial charge is 0.569 e. The molecule has 0 aliphatic carbocycles. The first-order chi connectivity index (χ1) is 9.64. The van der Waals surface area contributed by atoms with Gasteiger partial charge in [0.2, 0.25) is 5.28 Å². The molecular formula is C13H21N3O4. The summed E-state index contributed by atoms with van der Waals surface area (Å²) in [7, 11) is 3.15. The second kappa shape index (κ2) is 8.08. The highest BCUT2D eigenvalue weighted by Crippen LogP contribution is 2.22. The molecule has 20 heavy (non-hydrogen) atoms. The summed E-state index contributed by atoms with van der Waals surface area (Å²) < 4.78 is 10.3. The Hall–Kier alpha value is -2.18. The van der Waals surface area contributed by atoms with E-state index in [4.69, 9.17) is 14.3 Å². The zero-order valence-electron chi connectivity index (χ0n) is 12.3. The Morgan fingerprint density at radius 1 is 1.10 bits per heavy atom. The van der Waals surface area contributed by atoms with E-state index in [0.717, 1.165) is 5.56 Å². The molecule has 0 aliphatic rings. The lowest BCUT2D eigenvalue weighted by atomic mass is 10.2. The third-order valence-corrected chi connectivity index (χ3v) is 2.74. The predicted octanol–water partition coefficient (Wildman–Crippen LogP) is 2.35. The van der Waals surface area contributed by atoms with Crippen LogP contribution in [0.2, 0.25) is 0 Å². The number of methoxy groups -OCH3 is 2. The number of hydrogen-bond donors (Lipinski definition) is 0. The number of rotatable bonds is 8. The number of hydrazine groups is 1. The van der Waals surface area contributed by atoms with Crippen molar-refractivity contribution < 1.29 is 19.3 Å². The summed E-state index contributed by atoms with van der Waals surface area (Å²) in [6.07, 6.45) is 0. The van der Waals surface area contributed by atoms with Crippen LogP contribution in [-0.4, -0.2) is 37.3 Å². The van der Waals surface area contributed by atoms with Crippen LogP contribution in [0.15, 0.2) is 23.5 Å². The van der Waals surface area contributed by atoms with E-state index >= 15 is 0 Å². The van der Waals surface area contributed by atoms with Crippen molar-refractivity contribution in [2.24, 2.45) is 5.28 Å². The van der Waals surface area contributed by atoms with Gasteiger partial charge in [0.25, 0.3) is 0 Å². The zero-order valence-corrected chi connectivity index (χ0v) is 12.3. The van der Waals surface area contributed by atoms with E-state index in [9.17, 15) is 5.21 Å².